The van der Waals surface area contributed by atoms with Gasteiger partial charge in [-0.3, -0.25) is 0 Å². The maximum absolute atomic E-state index is 2.42. The highest BCUT2D eigenvalue weighted by Gasteiger charge is 2.14. The summed E-state index contributed by atoms with van der Waals surface area (Å²) >= 11 is 3.90. The smallest absolute Gasteiger partial charge is 0.0542 e. The number of unbranched alkanes of at least 4 members (excludes halogenated alkanes) is 3. The normalized spacial score (nSPS) is 11.9. The predicted molar refractivity (Wildman–Crippen MR) is 146 cm³/mol. The van der Waals surface area contributed by atoms with E-state index in [0.717, 1.165) is 0 Å². The van der Waals surface area contributed by atoms with Crippen LogP contribution in [0.15, 0.2) is 78.9 Å². The van der Waals surface area contributed by atoms with Gasteiger partial charge in [0.2, 0.25) is 0 Å². The van der Waals surface area contributed by atoms with Gasteiger partial charge in [0, 0.05) is 20.2 Å². The van der Waals surface area contributed by atoms with E-state index in [9.17, 15) is 0 Å². The number of hydrogen-bond donors (Lipinski definition) is 0. The SMILES string of the molecule is CCCCCCc1ccc2cc3c(cc2c1)sc1c2ccc(-c4ccccc4)cc2sc31. The van der Waals surface area contributed by atoms with Crippen molar-refractivity contribution < 1.29 is 0 Å². The molecule has 0 saturated heterocycles. The fourth-order valence-corrected chi connectivity index (χ4v) is 7.49. The Kier molecular flexibility index (Phi) is 5.21. The molecule has 0 aliphatic rings. The summed E-state index contributed by atoms with van der Waals surface area (Å²) < 4.78 is 5.68. The van der Waals surface area contributed by atoms with E-state index in [1.807, 2.05) is 22.7 Å². The van der Waals surface area contributed by atoms with Crippen LogP contribution >= 0.6 is 22.7 Å². The van der Waals surface area contributed by atoms with Crippen molar-refractivity contribution in [3.8, 4) is 11.1 Å². The lowest BCUT2D eigenvalue weighted by Gasteiger charge is -2.05. The highest BCUT2D eigenvalue weighted by molar-refractivity contribution is 7.36. The lowest BCUT2D eigenvalue weighted by atomic mass is 10.0. The molecule has 0 saturated carbocycles. The van der Waals surface area contributed by atoms with E-state index in [2.05, 4.69) is 85.8 Å². The number of benzene rings is 4. The molecule has 0 spiro atoms. The zero-order chi connectivity index (χ0) is 21.5. The van der Waals surface area contributed by atoms with Crippen molar-refractivity contribution in [2.75, 3.05) is 0 Å². The standard InChI is InChI=1S/C30H26S2/c1-2-3-4-6-9-20-12-13-22-17-26-28(19-24(22)16-20)32-29-25-15-14-23(18-27(25)31-30(26)29)21-10-7-5-8-11-21/h5,7-8,10-19H,2-4,6,9H2,1H3. The van der Waals surface area contributed by atoms with Crippen LogP contribution in [-0.2, 0) is 6.42 Å². The van der Waals surface area contributed by atoms with Crippen LogP contribution in [0.1, 0.15) is 38.2 Å². The highest BCUT2D eigenvalue weighted by atomic mass is 32.1. The van der Waals surface area contributed by atoms with E-state index in [4.69, 9.17) is 0 Å². The van der Waals surface area contributed by atoms with E-state index >= 15 is 0 Å². The summed E-state index contributed by atoms with van der Waals surface area (Å²) in [4.78, 5) is 0. The van der Waals surface area contributed by atoms with Crippen molar-refractivity contribution >= 4 is 63.0 Å². The third-order valence-corrected chi connectivity index (χ3v) is 9.03. The Morgan fingerprint density at radius 2 is 1.41 bits per heavy atom. The molecular weight excluding hydrogens is 424 g/mol. The van der Waals surface area contributed by atoms with Gasteiger partial charge in [-0.15, -0.1) is 22.7 Å². The van der Waals surface area contributed by atoms with Gasteiger partial charge in [-0.25, -0.2) is 0 Å². The molecule has 0 aliphatic heterocycles. The second kappa shape index (κ2) is 8.35. The lowest BCUT2D eigenvalue weighted by Crippen LogP contribution is -1.86. The summed E-state index contributed by atoms with van der Waals surface area (Å²) in [6.07, 6.45) is 6.48. The first kappa shape index (κ1) is 20.0. The number of aryl methyl sites for hydroxylation is 1. The fraction of sp³-hybridized carbons (Fsp3) is 0.200. The Balaban J connectivity index is 1.42. The lowest BCUT2D eigenvalue weighted by molar-refractivity contribution is 0.667. The molecule has 0 nitrogen and oxygen atoms in total. The van der Waals surface area contributed by atoms with Gasteiger partial charge in [-0.05, 0) is 58.5 Å². The van der Waals surface area contributed by atoms with Gasteiger partial charge in [0.1, 0.15) is 0 Å². The Labute approximate surface area is 197 Å². The third kappa shape index (κ3) is 3.52. The van der Waals surface area contributed by atoms with Crippen molar-refractivity contribution in [2.45, 2.75) is 39.0 Å². The zero-order valence-electron chi connectivity index (χ0n) is 18.4. The van der Waals surface area contributed by atoms with Crippen molar-refractivity contribution in [3.63, 3.8) is 0 Å². The summed E-state index contributed by atoms with van der Waals surface area (Å²) in [5.41, 5.74) is 4.06. The number of thiophene rings is 2. The fourth-order valence-electron chi connectivity index (χ4n) is 4.77. The molecule has 0 fully saturated rings. The molecule has 0 aliphatic carbocycles. The van der Waals surface area contributed by atoms with Crippen LogP contribution in [0, 0.1) is 0 Å². The van der Waals surface area contributed by atoms with Crippen molar-refractivity contribution in [2.24, 2.45) is 0 Å². The Bertz CT molecular complexity index is 1550. The van der Waals surface area contributed by atoms with Crippen LogP contribution in [0.3, 0.4) is 0 Å². The first-order chi connectivity index (χ1) is 15.8. The summed E-state index contributed by atoms with van der Waals surface area (Å²) in [5, 5.41) is 5.55. The average molecular weight is 451 g/mol. The van der Waals surface area contributed by atoms with E-state index in [-0.39, 0.29) is 0 Å². The first-order valence-electron chi connectivity index (χ1n) is 11.7. The largest absolute Gasteiger partial charge is 0.134 e. The maximum Gasteiger partial charge on any atom is 0.0542 e. The summed E-state index contributed by atoms with van der Waals surface area (Å²) in [5.74, 6) is 0. The molecule has 2 heterocycles. The molecule has 6 aromatic rings. The van der Waals surface area contributed by atoms with E-state index in [1.165, 1.54) is 89.1 Å². The summed E-state index contributed by atoms with van der Waals surface area (Å²) in [6, 6.07) is 29.6. The van der Waals surface area contributed by atoms with Crippen LogP contribution in [0.5, 0.6) is 0 Å². The zero-order valence-corrected chi connectivity index (χ0v) is 20.0. The molecular formula is C30H26S2. The molecule has 0 atom stereocenters. The van der Waals surface area contributed by atoms with Crippen LogP contribution in [0.25, 0.3) is 51.5 Å². The minimum atomic E-state index is 1.20. The van der Waals surface area contributed by atoms with Crippen molar-refractivity contribution in [1.82, 2.24) is 0 Å². The molecule has 0 N–H and O–H groups in total. The van der Waals surface area contributed by atoms with Crippen molar-refractivity contribution in [3.05, 3.63) is 84.4 Å². The summed E-state index contributed by atoms with van der Waals surface area (Å²) in [6.45, 7) is 2.28. The molecule has 2 heteroatoms. The Morgan fingerprint density at radius 3 is 2.25 bits per heavy atom. The van der Waals surface area contributed by atoms with Gasteiger partial charge >= 0.3 is 0 Å². The molecule has 0 bridgehead atoms. The molecule has 32 heavy (non-hydrogen) atoms. The first-order valence-corrected chi connectivity index (χ1v) is 13.3. The van der Waals surface area contributed by atoms with Gasteiger partial charge in [-0.2, -0.15) is 0 Å². The molecule has 0 radical (unpaired) electrons. The molecule has 158 valence electrons. The molecule has 6 rings (SSSR count). The molecule has 0 unspecified atom stereocenters. The van der Waals surface area contributed by atoms with Crippen LogP contribution in [0.2, 0.25) is 0 Å². The molecule has 0 amide bonds. The van der Waals surface area contributed by atoms with Gasteiger partial charge in [0.25, 0.3) is 0 Å². The van der Waals surface area contributed by atoms with Gasteiger partial charge in [0.15, 0.2) is 0 Å². The van der Waals surface area contributed by atoms with Gasteiger partial charge in [-0.1, -0.05) is 86.8 Å². The van der Waals surface area contributed by atoms with E-state index in [1.54, 1.807) is 0 Å². The van der Waals surface area contributed by atoms with Gasteiger partial charge in [0.05, 0.1) is 9.40 Å². The second-order valence-electron chi connectivity index (χ2n) is 8.78. The maximum atomic E-state index is 2.42. The van der Waals surface area contributed by atoms with Crippen LogP contribution < -0.4 is 0 Å². The number of hydrogen-bond acceptors (Lipinski definition) is 2. The Hall–Kier alpha value is -2.68. The van der Waals surface area contributed by atoms with Gasteiger partial charge < -0.3 is 0 Å². The van der Waals surface area contributed by atoms with E-state index in [0.29, 0.717) is 0 Å². The third-order valence-electron chi connectivity index (χ3n) is 6.53. The quantitative estimate of drug-likeness (QED) is 0.221. The predicted octanol–water partition coefficient (Wildman–Crippen LogP) is 10.2. The number of fused-ring (bicyclic) bond motifs is 6. The topological polar surface area (TPSA) is 0 Å². The second-order valence-corrected chi connectivity index (χ2v) is 10.9. The Morgan fingerprint density at radius 1 is 0.594 bits per heavy atom. The van der Waals surface area contributed by atoms with Crippen molar-refractivity contribution in [1.29, 1.82) is 0 Å². The average Bonchev–Trinajstić information content (AvgIpc) is 3.36. The minimum absolute atomic E-state index is 1.20. The minimum Gasteiger partial charge on any atom is -0.134 e. The monoisotopic (exact) mass is 450 g/mol. The number of rotatable bonds is 6. The van der Waals surface area contributed by atoms with Crippen LogP contribution in [0.4, 0.5) is 0 Å². The summed E-state index contributed by atoms with van der Waals surface area (Å²) in [7, 11) is 0. The highest BCUT2D eigenvalue weighted by Crippen LogP contribution is 2.46. The van der Waals surface area contributed by atoms with Crippen LogP contribution in [-0.4, -0.2) is 0 Å². The van der Waals surface area contributed by atoms with E-state index < -0.39 is 0 Å². The molecule has 2 aromatic heterocycles. The molecule has 4 aromatic carbocycles.